The molecule has 0 amide bonds. The van der Waals surface area contributed by atoms with Crippen molar-refractivity contribution >= 4 is 16.9 Å². The van der Waals surface area contributed by atoms with E-state index >= 15 is 0 Å². The highest BCUT2D eigenvalue weighted by molar-refractivity contribution is 5.87. The maximum Gasteiger partial charge on any atom is 0.306 e. The van der Waals surface area contributed by atoms with Crippen molar-refractivity contribution in [2.75, 3.05) is 13.7 Å². The van der Waals surface area contributed by atoms with Crippen LogP contribution in [0.1, 0.15) is 29.0 Å². The van der Waals surface area contributed by atoms with E-state index in [0.29, 0.717) is 19.6 Å². The molecule has 0 saturated carbocycles. The van der Waals surface area contributed by atoms with Gasteiger partial charge in [0.25, 0.3) is 0 Å². The van der Waals surface area contributed by atoms with E-state index in [1.54, 1.807) is 0 Å². The van der Waals surface area contributed by atoms with Crippen molar-refractivity contribution in [1.29, 1.82) is 0 Å². The Bertz CT molecular complexity index is 1570. The highest BCUT2D eigenvalue weighted by Gasteiger charge is 2.27. The third-order valence-electron chi connectivity index (χ3n) is 7.15. The van der Waals surface area contributed by atoms with Crippen LogP contribution in [0.3, 0.4) is 0 Å². The minimum Gasteiger partial charge on any atom is -0.492 e. The Balaban J connectivity index is 1.14. The molecule has 1 aromatic heterocycles. The summed E-state index contributed by atoms with van der Waals surface area (Å²) < 4.78 is 19.0. The number of aromatic nitrogens is 1. The topological polar surface area (TPSA) is 49.7 Å². The summed E-state index contributed by atoms with van der Waals surface area (Å²) >= 11 is 0. The van der Waals surface area contributed by atoms with E-state index in [4.69, 9.17) is 14.2 Å². The van der Waals surface area contributed by atoms with Crippen molar-refractivity contribution in [2.24, 2.45) is 0 Å². The van der Waals surface area contributed by atoms with E-state index in [-0.39, 0.29) is 11.9 Å². The zero-order valence-electron chi connectivity index (χ0n) is 21.3. The fourth-order valence-corrected chi connectivity index (χ4v) is 5.12. The lowest BCUT2D eigenvalue weighted by atomic mass is 9.98. The Morgan fingerprint density at radius 2 is 1.66 bits per heavy atom. The molecule has 5 nitrogen and oxygen atoms in total. The molecule has 5 aromatic rings. The molecular formula is C33H29NO4. The zero-order valence-corrected chi connectivity index (χ0v) is 21.3. The second-order valence-corrected chi connectivity index (χ2v) is 9.63. The number of methoxy groups -OCH3 is 1. The fraction of sp³-hybridized carbons (Fsp3) is 0.182. The Kier molecular flexibility index (Phi) is 6.57. The Hall–Kier alpha value is -4.51. The molecule has 0 radical (unpaired) electrons. The first-order valence-electron chi connectivity index (χ1n) is 12.9. The van der Waals surface area contributed by atoms with Crippen LogP contribution in [0.25, 0.3) is 22.2 Å². The molecule has 0 spiro atoms. The van der Waals surface area contributed by atoms with Crippen LogP contribution >= 0.6 is 0 Å². The van der Waals surface area contributed by atoms with Gasteiger partial charge in [0, 0.05) is 40.7 Å². The number of hydrogen-bond donors (Lipinski definition) is 0. The van der Waals surface area contributed by atoms with Crippen molar-refractivity contribution in [3.63, 3.8) is 0 Å². The predicted molar refractivity (Wildman–Crippen MR) is 149 cm³/mol. The number of para-hydroxylation sites is 1. The summed E-state index contributed by atoms with van der Waals surface area (Å²) in [4.78, 5) is 11.7. The number of benzene rings is 4. The quantitative estimate of drug-likeness (QED) is 0.215. The van der Waals surface area contributed by atoms with Gasteiger partial charge in [-0.1, -0.05) is 78.9 Å². The largest absolute Gasteiger partial charge is 0.492 e. The molecule has 190 valence electrons. The van der Waals surface area contributed by atoms with Crippen LogP contribution in [-0.4, -0.2) is 24.3 Å². The van der Waals surface area contributed by atoms with Crippen LogP contribution in [0.15, 0.2) is 103 Å². The number of carbonyl (C=O) groups is 1. The second-order valence-electron chi connectivity index (χ2n) is 9.63. The Labute approximate surface area is 222 Å². The lowest BCUT2D eigenvalue weighted by Crippen LogP contribution is -2.09. The number of carbonyl (C=O) groups excluding carboxylic acids is 1. The molecule has 0 aliphatic carbocycles. The molecule has 0 bridgehead atoms. The highest BCUT2D eigenvalue weighted by atomic mass is 16.5. The van der Waals surface area contributed by atoms with Gasteiger partial charge in [-0.25, -0.2) is 0 Å². The molecule has 1 atom stereocenters. The summed E-state index contributed by atoms with van der Waals surface area (Å²) in [6, 6.07) is 35.8. The van der Waals surface area contributed by atoms with Crippen molar-refractivity contribution in [3.05, 3.63) is 120 Å². The molecule has 4 aromatic carbocycles. The van der Waals surface area contributed by atoms with Gasteiger partial charge in [0.1, 0.15) is 18.1 Å². The molecule has 1 aliphatic rings. The molecule has 5 heteroatoms. The number of rotatable bonds is 8. The third-order valence-corrected chi connectivity index (χ3v) is 7.15. The summed E-state index contributed by atoms with van der Waals surface area (Å²) in [5, 5.41) is 1.24. The first-order chi connectivity index (χ1) is 18.7. The van der Waals surface area contributed by atoms with Crippen molar-refractivity contribution in [1.82, 2.24) is 4.57 Å². The fourth-order valence-electron chi connectivity index (χ4n) is 5.12. The SMILES string of the molecule is COC(=O)CC1COc2cc(OCc3ccc(Cn4c(-c5ccccc5)cc5ccccc54)cc3)ccc21. The first-order valence-corrected chi connectivity index (χ1v) is 12.9. The monoisotopic (exact) mass is 503 g/mol. The Morgan fingerprint density at radius 3 is 2.47 bits per heavy atom. The maximum atomic E-state index is 11.7. The lowest BCUT2D eigenvalue weighted by Gasteiger charge is -2.13. The summed E-state index contributed by atoms with van der Waals surface area (Å²) in [6.07, 6.45) is 0.321. The molecule has 0 saturated heterocycles. The van der Waals surface area contributed by atoms with E-state index in [1.165, 1.54) is 34.8 Å². The number of ether oxygens (including phenoxy) is 3. The van der Waals surface area contributed by atoms with Gasteiger partial charge in [-0.15, -0.1) is 0 Å². The van der Waals surface area contributed by atoms with Crippen LogP contribution in [0.2, 0.25) is 0 Å². The molecule has 0 fully saturated rings. The molecule has 0 N–H and O–H groups in total. The molecule has 1 aliphatic heterocycles. The van der Waals surface area contributed by atoms with Crippen molar-refractivity contribution in [2.45, 2.75) is 25.5 Å². The van der Waals surface area contributed by atoms with Crippen LogP contribution in [0.4, 0.5) is 0 Å². The summed E-state index contributed by atoms with van der Waals surface area (Å²) in [5.41, 5.74) is 7.01. The van der Waals surface area contributed by atoms with Gasteiger partial charge in [0.05, 0.1) is 20.1 Å². The van der Waals surface area contributed by atoms with Crippen LogP contribution in [0, 0.1) is 0 Å². The molecule has 1 unspecified atom stereocenters. The first kappa shape index (κ1) is 23.9. The normalized spacial score (nSPS) is 14.2. The maximum absolute atomic E-state index is 11.7. The standard InChI is InChI=1S/C33H29NO4/c1-36-33(35)18-27-22-38-32-19-28(15-16-29(27)32)37-21-24-13-11-23(12-14-24)20-34-30-10-6-5-9-26(30)17-31(34)25-7-3-2-4-8-25/h2-17,19,27H,18,20-22H2,1H3. The van der Waals surface area contributed by atoms with Gasteiger partial charge < -0.3 is 18.8 Å². The van der Waals surface area contributed by atoms with Gasteiger partial charge in [-0.2, -0.15) is 0 Å². The average molecular weight is 504 g/mol. The van der Waals surface area contributed by atoms with Gasteiger partial charge in [0.15, 0.2) is 0 Å². The highest BCUT2D eigenvalue weighted by Crippen LogP contribution is 2.38. The van der Waals surface area contributed by atoms with E-state index in [9.17, 15) is 4.79 Å². The molecule has 6 rings (SSSR count). The van der Waals surface area contributed by atoms with Crippen molar-refractivity contribution < 1.29 is 19.0 Å². The smallest absolute Gasteiger partial charge is 0.306 e. The van der Waals surface area contributed by atoms with Gasteiger partial charge >= 0.3 is 5.97 Å². The molecule has 38 heavy (non-hydrogen) atoms. The summed E-state index contributed by atoms with van der Waals surface area (Å²) in [6.45, 7) is 1.73. The van der Waals surface area contributed by atoms with Crippen LogP contribution < -0.4 is 9.47 Å². The van der Waals surface area contributed by atoms with Crippen LogP contribution in [-0.2, 0) is 22.7 Å². The Morgan fingerprint density at radius 1 is 0.895 bits per heavy atom. The van der Waals surface area contributed by atoms with Crippen molar-refractivity contribution in [3.8, 4) is 22.8 Å². The average Bonchev–Trinajstić information content (AvgIpc) is 3.54. The van der Waals surface area contributed by atoms with E-state index in [1.807, 2.05) is 18.2 Å². The molecular weight excluding hydrogens is 474 g/mol. The number of fused-ring (bicyclic) bond motifs is 2. The third kappa shape index (κ3) is 4.88. The number of esters is 1. The van der Waals surface area contributed by atoms with Crippen LogP contribution in [0.5, 0.6) is 11.5 Å². The zero-order chi connectivity index (χ0) is 25.9. The van der Waals surface area contributed by atoms with E-state index in [2.05, 4.69) is 89.5 Å². The summed E-state index contributed by atoms with van der Waals surface area (Å²) in [5.74, 6) is 1.33. The minimum atomic E-state index is -0.225. The summed E-state index contributed by atoms with van der Waals surface area (Å²) in [7, 11) is 1.41. The van der Waals surface area contributed by atoms with Gasteiger partial charge in [-0.3, -0.25) is 4.79 Å². The van der Waals surface area contributed by atoms with Gasteiger partial charge in [-0.05, 0) is 34.9 Å². The van der Waals surface area contributed by atoms with Gasteiger partial charge in [0.2, 0.25) is 0 Å². The molecule has 2 heterocycles. The number of nitrogens with zero attached hydrogens (tertiary/aromatic N) is 1. The van der Waals surface area contributed by atoms with E-state index in [0.717, 1.165) is 29.2 Å². The van der Waals surface area contributed by atoms with E-state index < -0.39 is 0 Å². The lowest BCUT2D eigenvalue weighted by molar-refractivity contribution is -0.141. The number of hydrogen-bond acceptors (Lipinski definition) is 4. The predicted octanol–water partition coefficient (Wildman–Crippen LogP) is 6.97. The minimum absolute atomic E-state index is 0.0267. The second kappa shape index (κ2) is 10.5.